The first-order valence-electron chi connectivity index (χ1n) is 7.92. The third-order valence-corrected chi connectivity index (χ3v) is 5.25. The monoisotopic (exact) mass is 274 g/mol. The molecular formula is C18H30N2. The maximum absolute atomic E-state index is 3.77. The largest absolute Gasteiger partial charge is 0.308 e. The molecule has 2 nitrogen and oxygen atoms in total. The van der Waals surface area contributed by atoms with Gasteiger partial charge in [0.2, 0.25) is 0 Å². The highest BCUT2D eigenvalue weighted by Crippen LogP contribution is 2.33. The van der Waals surface area contributed by atoms with Gasteiger partial charge in [0.1, 0.15) is 0 Å². The summed E-state index contributed by atoms with van der Waals surface area (Å²) >= 11 is 0. The Morgan fingerprint density at radius 2 is 1.80 bits per heavy atom. The van der Waals surface area contributed by atoms with Crippen LogP contribution >= 0.6 is 0 Å². The van der Waals surface area contributed by atoms with Crippen molar-refractivity contribution >= 4 is 0 Å². The van der Waals surface area contributed by atoms with E-state index in [9.17, 15) is 0 Å². The summed E-state index contributed by atoms with van der Waals surface area (Å²) in [4.78, 5) is 2.43. The molecule has 1 aromatic rings. The van der Waals surface area contributed by atoms with Crippen LogP contribution in [0.25, 0.3) is 0 Å². The molecule has 20 heavy (non-hydrogen) atoms. The van der Waals surface area contributed by atoms with E-state index in [-0.39, 0.29) is 0 Å². The van der Waals surface area contributed by atoms with E-state index in [1.807, 2.05) is 0 Å². The van der Waals surface area contributed by atoms with Crippen LogP contribution in [0, 0.1) is 13.8 Å². The van der Waals surface area contributed by atoms with E-state index in [0.29, 0.717) is 11.6 Å². The summed E-state index contributed by atoms with van der Waals surface area (Å²) in [5.41, 5.74) is 4.54. The third kappa shape index (κ3) is 3.24. The van der Waals surface area contributed by atoms with Gasteiger partial charge >= 0.3 is 0 Å². The number of hydrogen-bond donors (Lipinski definition) is 1. The topological polar surface area (TPSA) is 15.3 Å². The molecule has 1 aliphatic carbocycles. The molecule has 1 fully saturated rings. The summed E-state index contributed by atoms with van der Waals surface area (Å²) in [7, 11) is 4.46. The molecular weight excluding hydrogens is 244 g/mol. The lowest BCUT2D eigenvalue weighted by molar-refractivity contribution is 0.150. The van der Waals surface area contributed by atoms with Gasteiger partial charge in [0.15, 0.2) is 0 Å². The molecule has 0 heterocycles. The van der Waals surface area contributed by atoms with E-state index >= 15 is 0 Å². The molecule has 1 atom stereocenters. The standard InChI is InChI=1S/C18H30N2/c1-14-8-9-17(12-15(14)2)16(3)19-13-18(20(4)5)10-6-7-11-18/h8-9,12,16,19H,6-7,10-11,13H2,1-5H3. The Morgan fingerprint density at radius 1 is 1.15 bits per heavy atom. The predicted octanol–water partition coefficient (Wildman–Crippen LogP) is 3.83. The van der Waals surface area contributed by atoms with Gasteiger partial charge in [-0.15, -0.1) is 0 Å². The van der Waals surface area contributed by atoms with Gasteiger partial charge < -0.3 is 10.2 Å². The van der Waals surface area contributed by atoms with E-state index in [1.54, 1.807) is 0 Å². The molecule has 0 aliphatic heterocycles. The highest BCUT2D eigenvalue weighted by Gasteiger charge is 2.35. The summed E-state index contributed by atoms with van der Waals surface area (Å²) < 4.78 is 0. The van der Waals surface area contributed by atoms with Crippen molar-refractivity contribution in [3.05, 3.63) is 34.9 Å². The minimum Gasteiger partial charge on any atom is -0.308 e. The molecule has 0 radical (unpaired) electrons. The first kappa shape index (κ1) is 15.5. The van der Waals surface area contributed by atoms with Gasteiger partial charge in [-0.1, -0.05) is 31.0 Å². The van der Waals surface area contributed by atoms with Crippen LogP contribution in [0.2, 0.25) is 0 Å². The van der Waals surface area contributed by atoms with Crippen molar-refractivity contribution in [1.82, 2.24) is 10.2 Å². The molecule has 0 bridgehead atoms. The number of benzene rings is 1. The summed E-state index contributed by atoms with van der Waals surface area (Å²) in [6, 6.07) is 7.24. The van der Waals surface area contributed by atoms with Crippen LogP contribution in [0.1, 0.15) is 55.3 Å². The third-order valence-electron chi connectivity index (χ3n) is 5.25. The Kier molecular flexibility index (Phi) is 4.87. The van der Waals surface area contributed by atoms with Crippen LogP contribution in [0.4, 0.5) is 0 Å². The van der Waals surface area contributed by atoms with Gasteiger partial charge in [0.25, 0.3) is 0 Å². The van der Waals surface area contributed by atoms with Gasteiger partial charge in [-0.25, -0.2) is 0 Å². The second-order valence-electron chi connectivity index (χ2n) is 6.77. The van der Waals surface area contributed by atoms with Crippen molar-refractivity contribution in [3.8, 4) is 0 Å². The molecule has 0 aromatic heterocycles. The zero-order valence-corrected chi connectivity index (χ0v) is 13.8. The molecule has 0 amide bonds. The van der Waals surface area contributed by atoms with Crippen LogP contribution in [0.15, 0.2) is 18.2 Å². The van der Waals surface area contributed by atoms with Gasteiger partial charge in [0.05, 0.1) is 0 Å². The lowest BCUT2D eigenvalue weighted by Crippen LogP contribution is -2.50. The minimum absolute atomic E-state index is 0.369. The molecule has 1 saturated carbocycles. The van der Waals surface area contributed by atoms with Crippen molar-refractivity contribution < 1.29 is 0 Å². The normalized spacial score (nSPS) is 19.5. The Labute approximate surface area is 124 Å². The SMILES string of the molecule is Cc1ccc(C(C)NCC2(N(C)C)CCCC2)cc1C. The quantitative estimate of drug-likeness (QED) is 0.878. The molecule has 1 unspecified atom stereocenters. The molecule has 0 saturated heterocycles. The second kappa shape index (κ2) is 6.28. The summed E-state index contributed by atoms with van der Waals surface area (Å²) in [6.45, 7) is 7.75. The fraction of sp³-hybridized carbons (Fsp3) is 0.667. The molecule has 112 valence electrons. The van der Waals surface area contributed by atoms with E-state index in [0.717, 1.165) is 6.54 Å². The van der Waals surface area contributed by atoms with Crippen molar-refractivity contribution in [2.24, 2.45) is 0 Å². The Balaban J connectivity index is 2.00. The van der Waals surface area contributed by atoms with Crippen molar-refractivity contribution in [2.45, 2.75) is 58.0 Å². The van der Waals surface area contributed by atoms with Gasteiger partial charge in [-0.05, 0) is 64.4 Å². The summed E-state index contributed by atoms with van der Waals surface area (Å²) in [6.07, 6.45) is 5.40. The van der Waals surface area contributed by atoms with Gasteiger partial charge in [-0.3, -0.25) is 0 Å². The van der Waals surface area contributed by atoms with Crippen LogP contribution in [-0.2, 0) is 0 Å². The fourth-order valence-corrected chi connectivity index (χ4v) is 3.31. The zero-order chi connectivity index (χ0) is 14.8. The lowest BCUT2D eigenvalue weighted by atomic mass is 9.94. The number of nitrogens with one attached hydrogen (secondary N) is 1. The lowest BCUT2D eigenvalue weighted by Gasteiger charge is -2.37. The van der Waals surface area contributed by atoms with Crippen LogP contribution in [0.3, 0.4) is 0 Å². The molecule has 2 rings (SSSR count). The number of aryl methyl sites for hydroxylation is 2. The van der Waals surface area contributed by atoms with E-state index in [1.165, 1.54) is 42.4 Å². The first-order valence-corrected chi connectivity index (χ1v) is 7.92. The van der Waals surface area contributed by atoms with Gasteiger partial charge in [0, 0.05) is 18.1 Å². The number of nitrogens with zero attached hydrogens (tertiary/aromatic N) is 1. The maximum Gasteiger partial charge on any atom is 0.0328 e. The van der Waals surface area contributed by atoms with Crippen LogP contribution in [0.5, 0.6) is 0 Å². The summed E-state index contributed by atoms with van der Waals surface area (Å²) in [5, 5.41) is 3.77. The predicted molar refractivity (Wildman–Crippen MR) is 87.2 cm³/mol. The fourth-order valence-electron chi connectivity index (χ4n) is 3.31. The smallest absolute Gasteiger partial charge is 0.0328 e. The summed E-state index contributed by atoms with van der Waals surface area (Å²) in [5.74, 6) is 0. The Bertz CT molecular complexity index is 445. The molecule has 1 N–H and O–H groups in total. The Hall–Kier alpha value is -0.860. The van der Waals surface area contributed by atoms with Crippen LogP contribution < -0.4 is 5.32 Å². The zero-order valence-electron chi connectivity index (χ0n) is 13.8. The maximum atomic E-state index is 3.77. The average Bonchev–Trinajstić information content (AvgIpc) is 2.89. The Morgan fingerprint density at radius 3 is 2.35 bits per heavy atom. The highest BCUT2D eigenvalue weighted by atomic mass is 15.2. The van der Waals surface area contributed by atoms with E-state index < -0.39 is 0 Å². The van der Waals surface area contributed by atoms with E-state index in [4.69, 9.17) is 0 Å². The highest BCUT2D eigenvalue weighted by molar-refractivity contribution is 5.31. The van der Waals surface area contributed by atoms with Gasteiger partial charge in [-0.2, -0.15) is 0 Å². The first-order chi connectivity index (χ1) is 9.44. The number of rotatable bonds is 5. The molecule has 1 aromatic carbocycles. The average molecular weight is 274 g/mol. The van der Waals surface area contributed by atoms with Crippen LogP contribution in [-0.4, -0.2) is 31.1 Å². The van der Waals surface area contributed by atoms with Crippen molar-refractivity contribution in [3.63, 3.8) is 0 Å². The second-order valence-corrected chi connectivity index (χ2v) is 6.77. The molecule has 1 aliphatic rings. The van der Waals surface area contributed by atoms with Crippen molar-refractivity contribution in [2.75, 3.05) is 20.6 Å². The molecule has 2 heteroatoms. The van der Waals surface area contributed by atoms with E-state index in [2.05, 4.69) is 63.3 Å². The van der Waals surface area contributed by atoms with Crippen molar-refractivity contribution in [1.29, 1.82) is 0 Å². The number of hydrogen-bond acceptors (Lipinski definition) is 2. The molecule has 0 spiro atoms. The minimum atomic E-state index is 0.369. The number of likely N-dealkylation sites (N-methyl/N-ethyl adjacent to an activating group) is 1.